The van der Waals surface area contributed by atoms with Crippen LogP contribution >= 0.6 is 0 Å². The van der Waals surface area contributed by atoms with Crippen LogP contribution in [-0.2, 0) is 9.59 Å². The van der Waals surface area contributed by atoms with Crippen LogP contribution in [0.4, 0.5) is 10.1 Å². The van der Waals surface area contributed by atoms with Crippen molar-refractivity contribution in [3.63, 3.8) is 0 Å². The van der Waals surface area contributed by atoms with Gasteiger partial charge in [-0.2, -0.15) is 0 Å². The maximum atomic E-state index is 13.3. The average Bonchev–Trinajstić information content (AvgIpc) is 2.93. The number of β-amino-alcohol motifs (C(OH)–C–C–N with tert-alkyl or cyclic N) is 1. The number of rotatable bonds is 5. The summed E-state index contributed by atoms with van der Waals surface area (Å²) in [4.78, 5) is 36.2. The van der Waals surface area contributed by atoms with Crippen molar-refractivity contribution in [2.75, 3.05) is 13.2 Å². The number of likely N-dealkylation sites (tertiary alicyclic amines) is 1. The number of aliphatic hydroxyl groups excluding tert-OH is 2. The van der Waals surface area contributed by atoms with E-state index < -0.39 is 40.8 Å². The van der Waals surface area contributed by atoms with E-state index in [1.165, 1.54) is 24.3 Å². The first-order chi connectivity index (χ1) is 13.3. The highest BCUT2D eigenvalue weighted by Crippen LogP contribution is 2.39. The highest BCUT2D eigenvalue weighted by Gasteiger charge is 2.45. The molecule has 3 rings (SSSR count). The van der Waals surface area contributed by atoms with Crippen molar-refractivity contribution in [2.24, 2.45) is 0 Å². The molecule has 0 aromatic heterocycles. The molecule has 0 saturated carbocycles. The van der Waals surface area contributed by atoms with Gasteiger partial charge in [0.1, 0.15) is 11.6 Å². The Morgan fingerprint density at radius 3 is 2.25 bits per heavy atom. The van der Waals surface area contributed by atoms with Gasteiger partial charge in [0.2, 0.25) is 0 Å². The molecule has 1 amide bonds. The van der Waals surface area contributed by atoms with Crippen molar-refractivity contribution in [2.45, 2.75) is 6.04 Å². The van der Waals surface area contributed by atoms with Crippen LogP contribution in [0.2, 0.25) is 0 Å². The smallest absolute Gasteiger partial charge is 0.295 e. The number of nitrogens with zero attached hydrogens (tertiary/aromatic N) is 2. The van der Waals surface area contributed by atoms with E-state index in [-0.39, 0.29) is 23.4 Å². The first-order valence-corrected chi connectivity index (χ1v) is 8.24. The number of nitro benzene ring substituents is 1. The van der Waals surface area contributed by atoms with E-state index in [0.717, 1.165) is 29.2 Å². The fraction of sp³-hybridized carbons (Fsp3) is 0.158. The van der Waals surface area contributed by atoms with Crippen molar-refractivity contribution < 1.29 is 29.1 Å². The van der Waals surface area contributed by atoms with E-state index in [9.17, 15) is 34.3 Å². The van der Waals surface area contributed by atoms with Gasteiger partial charge in [0.15, 0.2) is 0 Å². The SMILES string of the molecule is O=C1C(=O)N(CCO)C(c2ccc(F)cc2)/C1=C(\O)c1ccc([N+](=O)[O-])cc1. The molecule has 1 fully saturated rings. The second-order valence-electron chi connectivity index (χ2n) is 6.07. The minimum atomic E-state index is -1.03. The van der Waals surface area contributed by atoms with Crippen molar-refractivity contribution >= 4 is 23.1 Å². The molecule has 0 aliphatic carbocycles. The molecule has 1 heterocycles. The molecule has 0 radical (unpaired) electrons. The van der Waals surface area contributed by atoms with Crippen LogP contribution in [0.1, 0.15) is 17.2 Å². The largest absolute Gasteiger partial charge is 0.507 e. The molecule has 1 aliphatic rings. The van der Waals surface area contributed by atoms with Crippen LogP contribution in [-0.4, -0.2) is 44.9 Å². The molecular formula is C19H15FN2O6. The number of amides is 1. The van der Waals surface area contributed by atoms with Crippen LogP contribution in [0.15, 0.2) is 54.1 Å². The number of carbonyl (C=O) groups excluding carboxylic acids is 2. The Balaban J connectivity index is 2.14. The normalized spacial score (nSPS) is 18.5. The lowest BCUT2D eigenvalue weighted by Gasteiger charge is -2.24. The molecule has 0 bridgehead atoms. The number of hydrogen-bond acceptors (Lipinski definition) is 6. The van der Waals surface area contributed by atoms with E-state index in [0.29, 0.717) is 5.56 Å². The van der Waals surface area contributed by atoms with Gasteiger partial charge in [-0.05, 0) is 29.8 Å². The Labute approximate surface area is 158 Å². The monoisotopic (exact) mass is 386 g/mol. The average molecular weight is 386 g/mol. The second kappa shape index (κ2) is 7.57. The molecule has 1 aliphatic heterocycles. The molecular weight excluding hydrogens is 371 g/mol. The lowest BCUT2D eigenvalue weighted by molar-refractivity contribution is -0.384. The summed E-state index contributed by atoms with van der Waals surface area (Å²) in [6, 6.07) is 8.86. The number of nitro groups is 1. The van der Waals surface area contributed by atoms with Gasteiger partial charge in [-0.3, -0.25) is 19.7 Å². The summed E-state index contributed by atoms with van der Waals surface area (Å²) < 4.78 is 13.3. The van der Waals surface area contributed by atoms with Gasteiger partial charge in [0.25, 0.3) is 17.4 Å². The molecule has 2 aromatic rings. The quantitative estimate of drug-likeness (QED) is 0.267. The van der Waals surface area contributed by atoms with E-state index in [1.807, 2.05) is 0 Å². The predicted octanol–water partition coefficient (Wildman–Crippen LogP) is 2.15. The summed E-state index contributed by atoms with van der Waals surface area (Å²) in [5, 5.41) is 30.7. The van der Waals surface area contributed by atoms with Crippen molar-refractivity contribution in [1.82, 2.24) is 4.90 Å². The number of aliphatic hydroxyl groups is 2. The minimum Gasteiger partial charge on any atom is -0.507 e. The highest BCUT2D eigenvalue weighted by atomic mass is 19.1. The van der Waals surface area contributed by atoms with Gasteiger partial charge in [-0.1, -0.05) is 12.1 Å². The van der Waals surface area contributed by atoms with Gasteiger partial charge >= 0.3 is 0 Å². The molecule has 1 atom stereocenters. The number of hydrogen-bond donors (Lipinski definition) is 2. The van der Waals surface area contributed by atoms with Crippen LogP contribution in [0, 0.1) is 15.9 Å². The number of ketones is 1. The van der Waals surface area contributed by atoms with Crippen molar-refractivity contribution in [1.29, 1.82) is 0 Å². The van der Waals surface area contributed by atoms with Gasteiger partial charge in [-0.25, -0.2) is 4.39 Å². The fourth-order valence-electron chi connectivity index (χ4n) is 3.11. The molecule has 28 heavy (non-hydrogen) atoms. The number of halogens is 1. The Kier molecular flexibility index (Phi) is 5.18. The Bertz CT molecular complexity index is 969. The summed E-state index contributed by atoms with van der Waals surface area (Å²) in [7, 11) is 0. The van der Waals surface area contributed by atoms with Crippen LogP contribution in [0.5, 0.6) is 0 Å². The molecule has 2 N–H and O–H groups in total. The molecule has 1 unspecified atom stereocenters. The molecule has 8 nitrogen and oxygen atoms in total. The molecule has 144 valence electrons. The first kappa shape index (κ1) is 19.2. The second-order valence-corrected chi connectivity index (χ2v) is 6.07. The topological polar surface area (TPSA) is 121 Å². The van der Waals surface area contributed by atoms with Gasteiger partial charge in [0.05, 0.1) is 23.1 Å². The van der Waals surface area contributed by atoms with E-state index in [2.05, 4.69) is 0 Å². The summed E-state index contributed by atoms with van der Waals surface area (Å²) >= 11 is 0. The maximum absolute atomic E-state index is 13.3. The third-order valence-corrected chi connectivity index (χ3v) is 4.42. The van der Waals surface area contributed by atoms with Crippen LogP contribution in [0.25, 0.3) is 5.76 Å². The third-order valence-electron chi connectivity index (χ3n) is 4.42. The van der Waals surface area contributed by atoms with Crippen molar-refractivity contribution in [3.05, 3.63) is 81.2 Å². The first-order valence-electron chi connectivity index (χ1n) is 8.24. The Morgan fingerprint density at radius 1 is 1.11 bits per heavy atom. The Hall–Kier alpha value is -3.59. The van der Waals surface area contributed by atoms with Gasteiger partial charge < -0.3 is 15.1 Å². The molecule has 1 saturated heterocycles. The van der Waals surface area contributed by atoms with Gasteiger partial charge in [0, 0.05) is 24.2 Å². The zero-order chi connectivity index (χ0) is 20.4. The number of carbonyl (C=O) groups is 2. The van der Waals surface area contributed by atoms with Crippen molar-refractivity contribution in [3.8, 4) is 0 Å². The number of non-ortho nitro benzene ring substituents is 1. The summed E-state index contributed by atoms with van der Waals surface area (Å²) in [5.74, 6) is -2.90. The van der Waals surface area contributed by atoms with Crippen LogP contribution in [0.3, 0.4) is 0 Å². The summed E-state index contributed by atoms with van der Waals surface area (Å²) in [5.41, 5.74) is 0.0449. The number of Topliss-reactive ketones (excluding diaryl/α,β-unsaturated/α-hetero) is 1. The fourth-order valence-corrected chi connectivity index (χ4v) is 3.11. The lowest BCUT2D eigenvalue weighted by Crippen LogP contribution is -2.32. The molecule has 0 spiro atoms. The zero-order valence-electron chi connectivity index (χ0n) is 14.4. The van der Waals surface area contributed by atoms with E-state index in [1.54, 1.807) is 0 Å². The standard InChI is InChI=1S/C19H15FN2O6/c20-13-5-1-11(2-6-13)16-15(18(25)19(26)21(16)9-10-23)17(24)12-3-7-14(8-4-12)22(27)28/h1-8,16,23-24H,9-10H2/b17-15+. The lowest BCUT2D eigenvalue weighted by atomic mass is 9.95. The minimum absolute atomic E-state index is 0.111. The summed E-state index contributed by atoms with van der Waals surface area (Å²) in [6.07, 6.45) is 0. The zero-order valence-corrected chi connectivity index (χ0v) is 14.4. The van der Waals surface area contributed by atoms with Gasteiger partial charge in [-0.15, -0.1) is 0 Å². The number of benzene rings is 2. The predicted molar refractivity (Wildman–Crippen MR) is 95.6 cm³/mol. The van der Waals surface area contributed by atoms with E-state index in [4.69, 9.17) is 0 Å². The molecule has 9 heteroatoms. The summed E-state index contributed by atoms with van der Waals surface area (Å²) in [6.45, 7) is -0.577. The molecule has 2 aromatic carbocycles. The van der Waals surface area contributed by atoms with Crippen LogP contribution < -0.4 is 0 Å². The Morgan fingerprint density at radius 2 is 1.71 bits per heavy atom. The highest BCUT2D eigenvalue weighted by molar-refractivity contribution is 6.46. The van der Waals surface area contributed by atoms with E-state index >= 15 is 0 Å². The third kappa shape index (κ3) is 3.35. The maximum Gasteiger partial charge on any atom is 0.295 e.